The molecule has 1 aromatic rings. The molecule has 112 valence electrons. The van der Waals surface area contributed by atoms with Gasteiger partial charge in [0.2, 0.25) is 0 Å². The van der Waals surface area contributed by atoms with Gasteiger partial charge in [-0.25, -0.2) is 9.97 Å². The lowest BCUT2D eigenvalue weighted by atomic mass is 10.1. The zero-order valence-corrected chi connectivity index (χ0v) is 12.6. The third-order valence-corrected chi connectivity index (χ3v) is 3.79. The number of hydrogen-bond donors (Lipinski definition) is 2. The molecule has 1 aromatic heterocycles. The van der Waals surface area contributed by atoms with Crippen molar-refractivity contribution in [2.75, 3.05) is 31.5 Å². The Balaban J connectivity index is 1.74. The molecule has 1 aliphatic heterocycles. The number of aryl methyl sites for hydroxylation is 2. The van der Waals surface area contributed by atoms with Gasteiger partial charge in [0.05, 0.1) is 6.10 Å². The van der Waals surface area contributed by atoms with Crippen molar-refractivity contribution in [2.45, 2.75) is 45.6 Å². The first kappa shape index (κ1) is 15.2. The molecule has 2 rings (SSSR count). The van der Waals surface area contributed by atoms with Crippen LogP contribution in [0.5, 0.6) is 0 Å². The molecule has 1 atom stereocenters. The zero-order valence-electron chi connectivity index (χ0n) is 12.6. The molecule has 5 nitrogen and oxygen atoms in total. The SMILES string of the molecule is CCc1cnc(C)nc1NCCCN1CCC[C@@H](O)C1. The van der Waals surface area contributed by atoms with E-state index in [2.05, 4.69) is 27.1 Å². The quantitative estimate of drug-likeness (QED) is 0.774. The van der Waals surface area contributed by atoms with Gasteiger partial charge in [0.1, 0.15) is 11.6 Å². The number of nitrogens with zero attached hydrogens (tertiary/aromatic N) is 3. The minimum Gasteiger partial charge on any atom is -0.392 e. The van der Waals surface area contributed by atoms with E-state index >= 15 is 0 Å². The molecule has 0 amide bonds. The zero-order chi connectivity index (χ0) is 14.4. The Kier molecular flexibility index (Phi) is 5.73. The summed E-state index contributed by atoms with van der Waals surface area (Å²) in [6, 6.07) is 0. The van der Waals surface area contributed by atoms with Crippen molar-refractivity contribution >= 4 is 5.82 Å². The van der Waals surface area contributed by atoms with E-state index in [9.17, 15) is 5.11 Å². The second kappa shape index (κ2) is 7.55. The van der Waals surface area contributed by atoms with Gasteiger partial charge in [-0.1, -0.05) is 6.92 Å². The van der Waals surface area contributed by atoms with Gasteiger partial charge in [-0.15, -0.1) is 0 Å². The predicted molar refractivity (Wildman–Crippen MR) is 80.9 cm³/mol. The molecule has 2 N–H and O–H groups in total. The topological polar surface area (TPSA) is 61.3 Å². The first-order valence-electron chi connectivity index (χ1n) is 7.66. The molecule has 2 heterocycles. The maximum Gasteiger partial charge on any atom is 0.132 e. The van der Waals surface area contributed by atoms with Gasteiger partial charge in [-0.3, -0.25) is 0 Å². The van der Waals surface area contributed by atoms with Crippen LogP contribution in [0.15, 0.2) is 6.20 Å². The van der Waals surface area contributed by atoms with Crippen molar-refractivity contribution in [1.29, 1.82) is 0 Å². The average Bonchev–Trinajstić information content (AvgIpc) is 2.44. The van der Waals surface area contributed by atoms with Gasteiger partial charge in [0, 0.05) is 24.8 Å². The molecular weight excluding hydrogens is 252 g/mol. The molecule has 0 aromatic carbocycles. The summed E-state index contributed by atoms with van der Waals surface area (Å²) in [7, 11) is 0. The van der Waals surface area contributed by atoms with Crippen molar-refractivity contribution in [3.63, 3.8) is 0 Å². The Labute approximate surface area is 121 Å². The third kappa shape index (κ3) is 4.42. The summed E-state index contributed by atoms with van der Waals surface area (Å²) in [6.45, 7) is 7.93. The van der Waals surface area contributed by atoms with E-state index in [1.54, 1.807) is 0 Å². The van der Waals surface area contributed by atoms with Crippen LogP contribution in [0, 0.1) is 6.92 Å². The van der Waals surface area contributed by atoms with Crippen LogP contribution in [-0.4, -0.2) is 52.3 Å². The lowest BCUT2D eigenvalue weighted by Gasteiger charge is -2.29. The van der Waals surface area contributed by atoms with Crippen molar-refractivity contribution in [3.8, 4) is 0 Å². The number of aliphatic hydroxyl groups excluding tert-OH is 1. The molecule has 1 fully saturated rings. The highest BCUT2D eigenvalue weighted by Gasteiger charge is 2.16. The molecule has 0 aliphatic carbocycles. The fourth-order valence-electron chi connectivity index (χ4n) is 2.65. The lowest BCUT2D eigenvalue weighted by Crippen LogP contribution is -2.39. The minimum absolute atomic E-state index is 0.132. The van der Waals surface area contributed by atoms with Gasteiger partial charge in [-0.05, 0) is 45.7 Å². The van der Waals surface area contributed by atoms with Crippen LogP contribution >= 0.6 is 0 Å². The van der Waals surface area contributed by atoms with Gasteiger partial charge >= 0.3 is 0 Å². The predicted octanol–water partition coefficient (Wildman–Crippen LogP) is 1.61. The fraction of sp³-hybridized carbons (Fsp3) is 0.733. The van der Waals surface area contributed by atoms with E-state index in [-0.39, 0.29) is 6.10 Å². The highest BCUT2D eigenvalue weighted by Crippen LogP contribution is 2.13. The van der Waals surface area contributed by atoms with Crippen LogP contribution < -0.4 is 5.32 Å². The molecule has 5 heteroatoms. The van der Waals surface area contributed by atoms with Gasteiger partial charge in [0.15, 0.2) is 0 Å². The summed E-state index contributed by atoms with van der Waals surface area (Å²) in [5, 5.41) is 13.1. The van der Waals surface area contributed by atoms with E-state index in [0.29, 0.717) is 0 Å². The Bertz CT molecular complexity index is 424. The van der Waals surface area contributed by atoms with E-state index in [4.69, 9.17) is 0 Å². The van der Waals surface area contributed by atoms with Crippen molar-refractivity contribution in [3.05, 3.63) is 17.6 Å². The normalized spacial score (nSPS) is 20.1. The number of piperidine rings is 1. The van der Waals surface area contributed by atoms with Crippen LogP contribution in [-0.2, 0) is 6.42 Å². The lowest BCUT2D eigenvalue weighted by molar-refractivity contribution is 0.0706. The summed E-state index contributed by atoms with van der Waals surface area (Å²) in [6.07, 6.45) is 5.85. The van der Waals surface area contributed by atoms with Crippen LogP contribution in [0.25, 0.3) is 0 Å². The van der Waals surface area contributed by atoms with E-state index < -0.39 is 0 Å². The standard InChI is InChI=1S/C15H26N4O/c1-3-13-10-17-12(2)18-15(13)16-7-5-9-19-8-4-6-14(20)11-19/h10,14,20H,3-9,11H2,1-2H3,(H,16,17,18)/t14-/m1/s1. The number of hydrogen-bond acceptors (Lipinski definition) is 5. The number of anilines is 1. The second-order valence-electron chi connectivity index (χ2n) is 5.52. The average molecular weight is 278 g/mol. The number of aliphatic hydroxyl groups is 1. The van der Waals surface area contributed by atoms with Crippen LogP contribution in [0.3, 0.4) is 0 Å². The summed E-state index contributed by atoms with van der Waals surface area (Å²) < 4.78 is 0. The summed E-state index contributed by atoms with van der Waals surface area (Å²) >= 11 is 0. The Hall–Kier alpha value is -1.20. The smallest absolute Gasteiger partial charge is 0.132 e. The summed E-state index contributed by atoms with van der Waals surface area (Å²) in [5.41, 5.74) is 1.17. The van der Waals surface area contributed by atoms with Crippen LogP contribution in [0.1, 0.15) is 37.6 Å². The third-order valence-electron chi connectivity index (χ3n) is 3.79. The van der Waals surface area contributed by atoms with Crippen LogP contribution in [0.2, 0.25) is 0 Å². The van der Waals surface area contributed by atoms with E-state index in [0.717, 1.165) is 63.5 Å². The number of likely N-dealkylation sites (tertiary alicyclic amines) is 1. The summed E-state index contributed by atoms with van der Waals surface area (Å²) in [5.74, 6) is 1.78. The Morgan fingerprint density at radius 1 is 1.50 bits per heavy atom. The number of β-amino-alcohol motifs (C(OH)–C–C–N with tert-alkyl or cyclic N) is 1. The molecule has 1 aliphatic rings. The Morgan fingerprint density at radius 3 is 3.10 bits per heavy atom. The van der Waals surface area contributed by atoms with E-state index in [1.165, 1.54) is 5.56 Å². The second-order valence-corrected chi connectivity index (χ2v) is 5.52. The van der Waals surface area contributed by atoms with Gasteiger partial charge in [0.25, 0.3) is 0 Å². The number of rotatable bonds is 6. The molecule has 0 unspecified atom stereocenters. The summed E-state index contributed by atoms with van der Waals surface area (Å²) in [4.78, 5) is 11.0. The number of nitrogens with one attached hydrogen (secondary N) is 1. The van der Waals surface area contributed by atoms with Crippen molar-refractivity contribution in [2.24, 2.45) is 0 Å². The maximum absolute atomic E-state index is 9.64. The van der Waals surface area contributed by atoms with Gasteiger partial charge in [-0.2, -0.15) is 0 Å². The molecule has 0 saturated carbocycles. The van der Waals surface area contributed by atoms with E-state index in [1.807, 2.05) is 13.1 Å². The first-order chi connectivity index (χ1) is 9.69. The first-order valence-corrected chi connectivity index (χ1v) is 7.66. The molecule has 0 bridgehead atoms. The molecule has 0 spiro atoms. The largest absolute Gasteiger partial charge is 0.392 e. The minimum atomic E-state index is -0.132. The van der Waals surface area contributed by atoms with Crippen molar-refractivity contribution < 1.29 is 5.11 Å². The van der Waals surface area contributed by atoms with Crippen LogP contribution in [0.4, 0.5) is 5.82 Å². The van der Waals surface area contributed by atoms with Gasteiger partial charge < -0.3 is 15.3 Å². The number of aromatic nitrogens is 2. The molecule has 1 saturated heterocycles. The fourth-order valence-corrected chi connectivity index (χ4v) is 2.65. The molecule has 0 radical (unpaired) electrons. The van der Waals surface area contributed by atoms with Crippen molar-refractivity contribution in [1.82, 2.24) is 14.9 Å². The highest BCUT2D eigenvalue weighted by atomic mass is 16.3. The molecular formula is C15H26N4O. The monoisotopic (exact) mass is 278 g/mol. The highest BCUT2D eigenvalue weighted by molar-refractivity contribution is 5.42. The Morgan fingerprint density at radius 2 is 2.35 bits per heavy atom. The molecule has 20 heavy (non-hydrogen) atoms. The maximum atomic E-state index is 9.64.